The summed E-state index contributed by atoms with van der Waals surface area (Å²) in [6.07, 6.45) is 2.08. The first-order valence-electron chi connectivity index (χ1n) is 4.11. The van der Waals surface area contributed by atoms with Gasteiger partial charge in [-0.15, -0.1) is 10.9 Å². The molecule has 0 saturated heterocycles. The molecule has 2 atom stereocenters. The summed E-state index contributed by atoms with van der Waals surface area (Å²) < 4.78 is 14.9. The van der Waals surface area contributed by atoms with Crippen molar-refractivity contribution in [2.45, 2.75) is 25.8 Å². The van der Waals surface area contributed by atoms with Crippen molar-refractivity contribution in [3.63, 3.8) is 0 Å². The minimum Gasteiger partial charge on any atom is -0.324 e. The number of hydrogen-bond acceptors (Lipinski definition) is 3. The van der Waals surface area contributed by atoms with Gasteiger partial charge in [-0.2, -0.15) is 0 Å². The lowest BCUT2D eigenvalue weighted by atomic mass is 10.0. The molecule has 0 rings (SSSR count). The Morgan fingerprint density at radius 2 is 2.21 bits per heavy atom. The second-order valence-electron chi connectivity index (χ2n) is 3.59. The predicted molar refractivity (Wildman–Crippen MR) is 57.7 cm³/mol. The van der Waals surface area contributed by atoms with Gasteiger partial charge in [-0.25, -0.2) is 9.35 Å². The van der Waals surface area contributed by atoms with Crippen molar-refractivity contribution >= 4 is 15.8 Å². The van der Waals surface area contributed by atoms with E-state index in [1.807, 2.05) is 0 Å². The van der Waals surface area contributed by atoms with Gasteiger partial charge in [0.15, 0.2) is 0 Å². The van der Waals surface area contributed by atoms with E-state index in [4.69, 9.17) is 10.9 Å². The maximum Gasteiger partial charge on any atom is 0.251 e. The highest BCUT2D eigenvalue weighted by Crippen LogP contribution is 2.09. The summed E-state index contributed by atoms with van der Waals surface area (Å²) in [7, 11) is -3.01. The molecule has 0 saturated carbocycles. The van der Waals surface area contributed by atoms with Crippen LogP contribution in [0, 0.1) is 0 Å². The van der Waals surface area contributed by atoms with Crippen molar-refractivity contribution in [3.8, 4) is 0 Å². The number of carbonyl (C=O) groups is 1. The van der Waals surface area contributed by atoms with Crippen molar-refractivity contribution in [1.29, 1.82) is 0 Å². The third-order valence-corrected chi connectivity index (χ3v) is 3.07. The highest BCUT2D eigenvalue weighted by atomic mass is 32.2. The van der Waals surface area contributed by atoms with E-state index in [0.717, 1.165) is 0 Å². The number of carbonyl (C=O) groups excluding carboxylic acids is 1. The van der Waals surface area contributed by atoms with Gasteiger partial charge in [0.2, 0.25) is 0 Å². The molecular formula is C8H17N3O2S. The van der Waals surface area contributed by atoms with Gasteiger partial charge in [0.05, 0.1) is 5.75 Å². The monoisotopic (exact) mass is 219 g/mol. The van der Waals surface area contributed by atoms with Crippen LogP contribution < -0.4 is 10.9 Å². The van der Waals surface area contributed by atoms with Gasteiger partial charge < -0.3 is 5.73 Å². The van der Waals surface area contributed by atoms with E-state index >= 15 is 0 Å². The molecule has 5 nitrogen and oxygen atoms in total. The maximum atomic E-state index is 11.6. The van der Waals surface area contributed by atoms with Gasteiger partial charge in [0.1, 0.15) is 9.92 Å². The van der Waals surface area contributed by atoms with E-state index < -0.39 is 21.4 Å². The number of amides is 1. The van der Waals surface area contributed by atoms with Crippen LogP contribution in [0.3, 0.4) is 0 Å². The van der Waals surface area contributed by atoms with Crippen LogP contribution in [-0.2, 0) is 14.7 Å². The van der Waals surface area contributed by atoms with Crippen molar-refractivity contribution in [1.82, 2.24) is 0 Å². The van der Waals surface area contributed by atoms with Crippen LogP contribution in [0.25, 0.3) is 0 Å². The fraction of sp³-hybridized carbons (Fsp3) is 0.625. The number of nitrogens with zero attached hydrogens (tertiary/aromatic N) is 1. The zero-order chi connectivity index (χ0) is 11.4. The molecule has 0 aliphatic carbocycles. The molecule has 1 amide bonds. The number of nitrogens with two attached hydrogens (primary N) is 2. The minimum absolute atomic E-state index is 0.0222. The summed E-state index contributed by atoms with van der Waals surface area (Å²) >= 11 is 0. The van der Waals surface area contributed by atoms with Crippen molar-refractivity contribution in [2.24, 2.45) is 15.2 Å². The number of hydrogen-bond donors (Lipinski definition) is 2. The van der Waals surface area contributed by atoms with Crippen molar-refractivity contribution in [3.05, 3.63) is 12.7 Å². The quantitative estimate of drug-likeness (QED) is 0.659. The molecule has 0 spiro atoms. The lowest BCUT2D eigenvalue weighted by molar-refractivity contribution is -0.115. The summed E-state index contributed by atoms with van der Waals surface area (Å²) in [6.45, 7) is 6.42. The Balaban J connectivity index is 4.75. The Labute approximate surface area is 84.9 Å². The smallest absolute Gasteiger partial charge is 0.251 e. The first-order valence-corrected chi connectivity index (χ1v) is 5.86. The summed E-state index contributed by atoms with van der Waals surface area (Å²) in [5.41, 5.74) is 5.04. The second kappa shape index (κ2) is 4.68. The van der Waals surface area contributed by atoms with Crippen LogP contribution in [0.1, 0.15) is 20.3 Å². The summed E-state index contributed by atoms with van der Waals surface area (Å²) in [6, 6.07) is 0. The summed E-state index contributed by atoms with van der Waals surface area (Å²) in [5, 5.41) is 5.36. The van der Waals surface area contributed by atoms with Gasteiger partial charge >= 0.3 is 0 Å². The molecule has 82 valence electrons. The average molecular weight is 219 g/mol. The molecule has 0 radical (unpaired) electrons. The Hall–Kier alpha value is -0.720. The molecule has 0 aromatic heterocycles. The Morgan fingerprint density at radius 3 is 2.57 bits per heavy atom. The highest BCUT2D eigenvalue weighted by molar-refractivity contribution is 7.91. The van der Waals surface area contributed by atoms with E-state index in [1.54, 1.807) is 13.0 Å². The first kappa shape index (κ1) is 13.3. The van der Waals surface area contributed by atoms with Crippen LogP contribution in [0.15, 0.2) is 17.0 Å². The molecular weight excluding hydrogens is 202 g/mol. The largest absolute Gasteiger partial charge is 0.324 e. The van der Waals surface area contributed by atoms with Crippen LogP contribution >= 0.6 is 0 Å². The molecule has 14 heavy (non-hydrogen) atoms. The van der Waals surface area contributed by atoms with Crippen molar-refractivity contribution < 1.29 is 9.00 Å². The van der Waals surface area contributed by atoms with Gasteiger partial charge in [-0.3, -0.25) is 4.79 Å². The molecule has 0 aliphatic heterocycles. The molecule has 0 heterocycles. The molecule has 6 heteroatoms. The minimum atomic E-state index is -3.01. The predicted octanol–water partition coefficient (Wildman–Crippen LogP) is 0.168. The van der Waals surface area contributed by atoms with E-state index in [-0.39, 0.29) is 5.75 Å². The van der Waals surface area contributed by atoms with Crippen LogP contribution in [0.4, 0.5) is 0 Å². The molecule has 4 N–H and O–H groups in total. The van der Waals surface area contributed by atoms with E-state index in [9.17, 15) is 9.00 Å². The maximum absolute atomic E-state index is 11.6. The SMILES string of the molecule is C=CC[C@@](C)(N)CS(N)(=O)=NC(C)=O. The first-order chi connectivity index (χ1) is 6.18. The molecule has 0 aliphatic rings. The van der Waals surface area contributed by atoms with E-state index in [0.29, 0.717) is 6.42 Å². The third kappa shape index (κ3) is 5.85. The van der Waals surface area contributed by atoms with Crippen LogP contribution in [-0.4, -0.2) is 21.4 Å². The van der Waals surface area contributed by atoms with Gasteiger partial charge in [-0.1, -0.05) is 6.08 Å². The molecule has 0 fully saturated rings. The lowest BCUT2D eigenvalue weighted by Gasteiger charge is -2.22. The fourth-order valence-corrected chi connectivity index (χ4v) is 2.67. The highest BCUT2D eigenvalue weighted by Gasteiger charge is 2.22. The van der Waals surface area contributed by atoms with E-state index in [1.165, 1.54) is 6.92 Å². The summed E-state index contributed by atoms with van der Waals surface area (Å²) in [4.78, 5) is 10.6. The van der Waals surface area contributed by atoms with Crippen molar-refractivity contribution in [2.75, 3.05) is 5.75 Å². The van der Waals surface area contributed by atoms with Gasteiger partial charge in [0.25, 0.3) is 5.91 Å². The van der Waals surface area contributed by atoms with Gasteiger partial charge in [-0.05, 0) is 13.3 Å². The Morgan fingerprint density at radius 1 is 1.71 bits per heavy atom. The molecule has 1 unspecified atom stereocenters. The molecule has 0 bridgehead atoms. The normalized spacial score (nSPS) is 19.1. The fourth-order valence-electron chi connectivity index (χ4n) is 1.11. The number of rotatable bonds is 4. The van der Waals surface area contributed by atoms with Crippen LogP contribution in [0.2, 0.25) is 0 Å². The average Bonchev–Trinajstić information content (AvgIpc) is 1.78. The standard InChI is InChI=1S/C8H17N3O2S/c1-4-5-8(3,9)6-14(10,13)11-7(2)12/h4H,1,5-6,9H2,2-3H3,(H2,10,11,12,13)/t8-,14?/m1/s1. The third-order valence-electron chi connectivity index (χ3n) is 1.43. The van der Waals surface area contributed by atoms with Gasteiger partial charge in [0, 0.05) is 12.5 Å². The second-order valence-corrected chi connectivity index (χ2v) is 5.44. The zero-order valence-electron chi connectivity index (χ0n) is 8.53. The zero-order valence-corrected chi connectivity index (χ0v) is 9.34. The summed E-state index contributed by atoms with van der Waals surface area (Å²) in [5.74, 6) is -0.571. The van der Waals surface area contributed by atoms with E-state index in [2.05, 4.69) is 10.9 Å². The Kier molecular flexibility index (Phi) is 4.44. The van der Waals surface area contributed by atoms with Crippen LogP contribution in [0.5, 0.6) is 0 Å². The Bertz CT molecular complexity index is 340. The molecule has 0 aromatic carbocycles. The molecule has 0 aromatic rings. The topological polar surface area (TPSA) is 98.5 Å². The lowest BCUT2D eigenvalue weighted by Crippen LogP contribution is -2.44.